The summed E-state index contributed by atoms with van der Waals surface area (Å²) in [5.74, 6) is 0. The molecule has 0 heterocycles. The van der Waals surface area contributed by atoms with Gasteiger partial charge in [0.1, 0.15) is 0 Å². The minimum atomic E-state index is 0.147. The molecule has 0 aromatic carbocycles. The van der Waals surface area contributed by atoms with Crippen molar-refractivity contribution in [2.24, 2.45) is 0 Å². The molecule has 1 N–H and O–H groups in total. The Morgan fingerprint density at radius 2 is 1.25 bits per heavy atom. The van der Waals surface area contributed by atoms with Gasteiger partial charge in [-0.1, -0.05) is 65.7 Å². The van der Waals surface area contributed by atoms with Crippen molar-refractivity contribution < 1.29 is 4.79 Å². The lowest BCUT2D eigenvalue weighted by Crippen LogP contribution is -2.41. The molecule has 20 heavy (non-hydrogen) atoms. The number of carbonyl (C=O) groups excluding carboxylic acids is 1. The van der Waals surface area contributed by atoms with Crippen molar-refractivity contribution >= 4 is 6.03 Å². The lowest BCUT2D eigenvalue weighted by atomic mass is 10.2. The van der Waals surface area contributed by atoms with E-state index in [2.05, 4.69) is 26.1 Å². The number of unbranched alkanes of at least 4 members (excludes halogenated alkanes) is 7. The fourth-order valence-corrected chi connectivity index (χ4v) is 2.28. The summed E-state index contributed by atoms with van der Waals surface area (Å²) in [6.45, 7) is 9.28. The van der Waals surface area contributed by atoms with E-state index < -0.39 is 0 Å². The maximum absolute atomic E-state index is 12.2. The highest BCUT2D eigenvalue weighted by Gasteiger charge is 2.11. The van der Waals surface area contributed by atoms with Crippen LogP contribution in [-0.2, 0) is 0 Å². The van der Waals surface area contributed by atoms with E-state index in [9.17, 15) is 4.79 Å². The third-order valence-corrected chi connectivity index (χ3v) is 3.66. The van der Waals surface area contributed by atoms with Gasteiger partial charge in [0, 0.05) is 19.6 Å². The van der Waals surface area contributed by atoms with E-state index in [1.54, 1.807) is 0 Å². The topological polar surface area (TPSA) is 32.3 Å². The molecule has 0 aromatic heterocycles. The Morgan fingerprint density at radius 3 is 1.75 bits per heavy atom. The first-order valence-corrected chi connectivity index (χ1v) is 8.79. The molecule has 0 aromatic rings. The molecule has 0 unspecified atom stereocenters. The molecular formula is C17H36N2O. The van der Waals surface area contributed by atoms with Crippen LogP contribution in [0.4, 0.5) is 4.79 Å². The van der Waals surface area contributed by atoms with Crippen LogP contribution in [0.25, 0.3) is 0 Å². The molecular weight excluding hydrogens is 248 g/mol. The lowest BCUT2D eigenvalue weighted by molar-refractivity contribution is 0.195. The molecule has 0 fully saturated rings. The molecule has 0 saturated carbocycles. The summed E-state index contributed by atoms with van der Waals surface area (Å²) < 4.78 is 0. The van der Waals surface area contributed by atoms with Gasteiger partial charge >= 0.3 is 6.03 Å². The minimum absolute atomic E-state index is 0.147. The second-order valence-corrected chi connectivity index (χ2v) is 5.69. The number of nitrogens with one attached hydrogen (secondary N) is 1. The predicted molar refractivity (Wildman–Crippen MR) is 88.2 cm³/mol. The van der Waals surface area contributed by atoms with Crippen LogP contribution in [0.1, 0.15) is 85.0 Å². The molecule has 0 rings (SSSR count). The van der Waals surface area contributed by atoms with E-state index in [4.69, 9.17) is 0 Å². The minimum Gasteiger partial charge on any atom is -0.338 e. The lowest BCUT2D eigenvalue weighted by Gasteiger charge is -2.23. The highest BCUT2D eigenvalue weighted by Crippen LogP contribution is 2.04. The number of hydrogen-bond acceptors (Lipinski definition) is 1. The molecule has 3 nitrogen and oxygen atoms in total. The summed E-state index contributed by atoms with van der Waals surface area (Å²) in [5.41, 5.74) is 0. The first kappa shape index (κ1) is 19.3. The molecule has 0 aliphatic heterocycles. The summed E-state index contributed by atoms with van der Waals surface area (Å²) in [6, 6.07) is 0.147. The zero-order chi connectivity index (χ0) is 15.1. The number of nitrogens with zero attached hydrogens (tertiary/aromatic N) is 1. The average Bonchev–Trinajstić information content (AvgIpc) is 2.45. The van der Waals surface area contributed by atoms with Gasteiger partial charge < -0.3 is 10.2 Å². The van der Waals surface area contributed by atoms with Crippen LogP contribution in [0.15, 0.2) is 0 Å². The Balaban J connectivity index is 3.91. The second kappa shape index (κ2) is 14.7. The molecule has 0 atom stereocenters. The Kier molecular flexibility index (Phi) is 14.1. The largest absolute Gasteiger partial charge is 0.338 e. The van der Waals surface area contributed by atoms with E-state index in [-0.39, 0.29) is 6.03 Å². The normalized spacial score (nSPS) is 10.6. The molecule has 0 bridgehead atoms. The van der Waals surface area contributed by atoms with Gasteiger partial charge in [0.15, 0.2) is 0 Å². The van der Waals surface area contributed by atoms with Crippen LogP contribution in [0.2, 0.25) is 0 Å². The van der Waals surface area contributed by atoms with Crippen molar-refractivity contribution in [3.8, 4) is 0 Å². The smallest absolute Gasteiger partial charge is 0.317 e. The van der Waals surface area contributed by atoms with Crippen molar-refractivity contribution in [3.63, 3.8) is 0 Å². The van der Waals surface area contributed by atoms with Gasteiger partial charge in [0.25, 0.3) is 0 Å². The molecule has 120 valence electrons. The van der Waals surface area contributed by atoms with Gasteiger partial charge in [-0.25, -0.2) is 4.79 Å². The Hall–Kier alpha value is -0.730. The third-order valence-electron chi connectivity index (χ3n) is 3.66. The number of amides is 2. The third kappa shape index (κ3) is 11.1. The maximum atomic E-state index is 12.2. The van der Waals surface area contributed by atoms with Gasteiger partial charge in [-0.05, 0) is 19.3 Å². The fourth-order valence-electron chi connectivity index (χ4n) is 2.28. The van der Waals surface area contributed by atoms with E-state index in [0.29, 0.717) is 0 Å². The number of rotatable bonds is 13. The molecule has 0 radical (unpaired) electrons. The van der Waals surface area contributed by atoms with Crippen molar-refractivity contribution in [2.45, 2.75) is 85.0 Å². The Bertz CT molecular complexity index is 209. The first-order chi connectivity index (χ1) is 9.76. The van der Waals surface area contributed by atoms with Gasteiger partial charge in [-0.3, -0.25) is 0 Å². The van der Waals surface area contributed by atoms with Crippen molar-refractivity contribution in [1.29, 1.82) is 0 Å². The van der Waals surface area contributed by atoms with Crippen LogP contribution in [0.3, 0.4) is 0 Å². The summed E-state index contributed by atoms with van der Waals surface area (Å²) in [7, 11) is 0. The maximum Gasteiger partial charge on any atom is 0.317 e. The van der Waals surface area contributed by atoms with Crippen LogP contribution < -0.4 is 5.32 Å². The average molecular weight is 284 g/mol. The monoisotopic (exact) mass is 284 g/mol. The van der Waals surface area contributed by atoms with Crippen molar-refractivity contribution in [2.75, 3.05) is 19.6 Å². The fraction of sp³-hybridized carbons (Fsp3) is 0.941. The molecule has 0 aliphatic carbocycles. The molecule has 2 amide bonds. The number of hydrogen-bond donors (Lipinski definition) is 1. The van der Waals surface area contributed by atoms with Crippen LogP contribution >= 0.6 is 0 Å². The van der Waals surface area contributed by atoms with Crippen LogP contribution in [0.5, 0.6) is 0 Å². The predicted octanol–water partition coefficient (Wildman–Crippen LogP) is 4.96. The summed E-state index contributed by atoms with van der Waals surface area (Å²) >= 11 is 0. The molecule has 0 spiro atoms. The highest BCUT2D eigenvalue weighted by molar-refractivity contribution is 5.74. The summed E-state index contributed by atoms with van der Waals surface area (Å²) in [6.07, 6.45) is 12.0. The highest BCUT2D eigenvalue weighted by atomic mass is 16.2. The second-order valence-electron chi connectivity index (χ2n) is 5.69. The van der Waals surface area contributed by atoms with Crippen molar-refractivity contribution in [1.82, 2.24) is 10.2 Å². The van der Waals surface area contributed by atoms with E-state index in [1.165, 1.54) is 44.9 Å². The number of carbonyl (C=O) groups is 1. The summed E-state index contributed by atoms with van der Waals surface area (Å²) in [5, 5.41) is 3.08. The van der Waals surface area contributed by atoms with Gasteiger partial charge in [0.05, 0.1) is 0 Å². The van der Waals surface area contributed by atoms with Gasteiger partial charge in [0.2, 0.25) is 0 Å². The standard InChI is InChI=1S/C17H36N2O/c1-4-7-10-11-14-18-17(20)19(15-12-8-5-2)16-13-9-6-3/h4-16H2,1-3H3,(H,18,20). The molecule has 0 saturated heterocycles. The van der Waals surface area contributed by atoms with Crippen LogP contribution in [0, 0.1) is 0 Å². The first-order valence-electron chi connectivity index (χ1n) is 8.79. The summed E-state index contributed by atoms with van der Waals surface area (Å²) in [4.78, 5) is 14.2. The van der Waals surface area contributed by atoms with Gasteiger partial charge in [-0.2, -0.15) is 0 Å². The zero-order valence-electron chi connectivity index (χ0n) is 14.0. The molecule has 0 aliphatic rings. The Labute approximate surface area is 126 Å². The van der Waals surface area contributed by atoms with E-state index >= 15 is 0 Å². The Morgan fingerprint density at radius 1 is 0.750 bits per heavy atom. The van der Waals surface area contributed by atoms with E-state index in [0.717, 1.165) is 38.9 Å². The number of urea groups is 1. The molecule has 3 heteroatoms. The van der Waals surface area contributed by atoms with Gasteiger partial charge in [-0.15, -0.1) is 0 Å². The zero-order valence-corrected chi connectivity index (χ0v) is 14.0. The van der Waals surface area contributed by atoms with Crippen LogP contribution in [-0.4, -0.2) is 30.6 Å². The van der Waals surface area contributed by atoms with E-state index in [1.807, 2.05) is 4.90 Å². The SMILES string of the molecule is CCCCCCNC(=O)N(CCCCC)CCCCC. The van der Waals surface area contributed by atoms with Crippen molar-refractivity contribution in [3.05, 3.63) is 0 Å². The quantitative estimate of drug-likeness (QED) is 0.476.